The van der Waals surface area contributed by atoms with Crippen molar-refractivity contribution in [1.82, 2.24) is 5.43 Å². The van der Waals surface area contributed by atoms with Gasteiger partial charge in [0, 0.05) is 10.6 Å². The van der Waals surface area contributed by atoms with E-state index in [1.54, 1.807) is 0 Å². The number of halogens is 6. The molecule has 1 N–H and O–H groups in total. The summed E-state index contributed by atoms with van der Waals surface area (Å²) in [4.78, 5) is 12.1. The molecule has 0 bridgehead atoms. The number of alkyl halides is 3. The molecule has 2 aromatic rings. The normalized spacial score (nSPS) is 12.2. The average Bonchev–Trinajstić information content (AvgIpc) is 2.60. The molecule has 0 aliphatic rings. The first-order valence-electron chi connectivity index (χ1n) is 7.90. The summed E-state index contributed by atoms with van der Waals surface area (Å²) in [5.74, 6) is -0.921. The second-order valence-electron chi connectivity index (χ2n) is 5.89. The molecule has 0 spiro atoms. The molecule has 1 amide bonds. The van der Waals surface area contributed by atoms with E-state index in [-0.39, 0.29) is 10.0 Å². The molecule has 0 fully saturated rings. The van der Waals surface area contributed by atoms with Crippen molar-refractivity contribution in [3.63, 3.8) is 0 Å². The molecule has 2 rings (SSSR count). The van der Waals surface area contributed by atoms with Crippen molar-refractivity contribution in [3.8, 4) is 0 Å². The SMILES string of the molecule is CS(=O)(=O)N(CC(=O)N/N=C\c1ccc(Cl)cc1Cl)c1cc(C(F)(F)F)ccc1Cl. The fourth-order valence-corrected chi connectivity index (χ4v) is 3.79. The van der Waals surface area contributed by atoms with Crippen molar-refractivity contribution in [3.05, 3.63) is 62.6 Å². The maximum atomic E-state index is 13.0. The number of amides is 1. The highest BCUT2D eigenvalue weighted by Crippen LogP contribution is 2.36. The van der Waals surface area contributed by atoms with Crippen LogP contribution in [-0.4, -0.2) is 33.3 Å². The van der Waals surface area contributed by atoms with Gasteiger partial charge in [-0.3, -0.25) is 9.10 Å². The van der Waals surface area contributed by atoms with Gasteiger partial charge < -0.3 is 0 Å². The van der Waals surface area contributed by atoms with E-state index in [1.807, 2.05) is 0 Å². The quantitative estimate of drug-likeness (QED) is 0.464. The molecular formula is C17H13Cl3F3N3O3S. The number of nitrogens with zero attached hydrogens (tertiary/aromatic N) is 2. The van der Waals surface area contributed by atoms with Gasteiger partial charge >= 0.3 is 6.18 Å². The van der Waals surface area contributed by atoms with Crippen molar-refractivity contribution in [2.75, 3.05) is 17.1 Å². The molecule has 0 aromatic heterocycles. The predicted molar refractivity (Wildman–Crippen MR) is 111 cm³/mol. The number of benzene rings is 2. The molecule has 0 saturated carbocycles. The van der Waals surface area contributed by atoms with Crippen molar-refractivity contribution in [2.24, 2.45) is 5.10 Å². The van der Waals surface area contributed by atoms with Gasteiger partial charge in [0.25, 0.3) is 5.91 Å². The Labute approximate surface area is 185 Å². The first kappa shape index (κ1) is 24.3. The van der Waals surface area contributed by atoms with Crippen LogP contribution in [0.2, 0.25) is 15.1 Å². The Kier molecular flexibility index (Phi) is 7.62. The highest BCUT2D eigenvalue weighted by Gasteiger charge is 2.33. The summed E-state index contributed by atoms with van der Waals surface area (Å²) in [6, 6.07) is 6.67. The number of hydrogen-bond donors (Lipinski definition) is 1. The van der Waals surface area contributed by atoms with Crippen LogP contribution in [0.4, 0.5) is 18.9 Å². The van der Waals surface area contributed by atoms with Gasteiger partial charge in [-0.15, -0.1) is 0 Å². The lowest BCUT2D eigenvalue weighted by molar-refractivity contribution is -0.137. The van der Waals surface area contributed by atoms with E-state index in [0.29, 0.717) is 27.0 Å². The monoisotopic (exact) mass is 501 g/mol. The number of anilines is 1. The third-order valence-corrected chi connectivity index (χ3v) is 5.59. The number of nitrogens with one attached hydrogen (secondary N) is 1. The van der Waals surface area contributed by atoms with Crippen LogP contribution in [0.15, 0.2) is 41.5 Å². The Morgan fingerprint density at radius 1 is 1.13 bits per heavy atom. The van der Waals surface area contributed by atoms with Crippen LogP contribution in [0.3, 0.4) is 0 Å². The molecule has 0 atom stereocenters. The smallest absolute Gasteiger partial charge is 0.271 e. The highest BCUT2D eigenvalue weighted by molar-refractivity contribution is 7.92. The van der Waals surface area contributed by atoms with Gasteiger partial charge in [0.05, 0.1) is 33.8 Å². The van der Waals surface area contributed by atoms with Gasteiger partial charge in [0.2, 0.25) is 10.0 Å². The molecule has 0 aliphatic heterocycles. The molecule has 30 heavy (non-hydrogen) atoms. The van der Waals surface area contributed by atoms with E-state index in [2.05, 4.69) is 10.5 Å². The zero-order chi connectivity index (χ0) is 22.7. The van der Waals surface area contributed by atoms with Crippen LogP contribution in [0.1, 0.15) is 11.1 Å². The largest absolute Gasteiger partial charge is 0.416 e. The fraction of sp³-hybridized carbons (Fsp3) is 0.176. The van der Waals surface area contributed by atoms with Crippen molar-refractivity contribution >= 4 is 62.6 Å². The van der Waals surface area contributed by atoms with Crippen LogP contribution in [-0.2, 0) is 21.0 Å². The van der Waals surface area contributed by atoms with Crippen LogP contribution in [0.5, 0.6) is 0 Å². The molecule has 2 aromatic carbocycles. The summed E-state index contributed by atoms with van der Waals surface area (Å²) in [5.41, 5.74) is 0.885. The van der Waals surface area contributed by atoms with Gasteiger partial charge in [-0.1, -0.05) is 40.9 Å². The third kappa shape index (κ3) is 6.49. The Hall–Kier alpha value is -2.01. The number of hydrogen-bond acceptors (Lipinski definition) is 4. The molecule has 6 nitrogen and oxygen atoms in total. The minimum absolute atomic E-state index is 0.258. The van der Waals surface area contributed by atoms with E-state index >= 15 is 0 Å². The Morgan fingerprint density at radius 2 is 1.80 bits per heavy atom. The standard InChI is InChI=1S/C17H13Cl3F3N3O3S/c1-30(28,29)26(15-6-11(17(21,22)23)3-5-13(15)19)9-16(27)25-24-8-10-2-4-12(18)7-14(10)20/h2-8H,9H2,1H3,(H,25,27)/b24-8-. The van der Waals surface area contributed by atoms with Gasteiger partial charge in [-0.05, 0) is 30.3 Å². The third-order valence-electron chi connectivity index (χ3n) is 3.59. The first-order valence-corrected chi connectivity index (χ1v) is 10.9. The molecular weight excluding hydrogens is 490 g/mol. The molecule has 0 heterocycles. The van der Waals surface area contributed by atoms with Gasteiger partial charge in [-0.25, -0.2) is 13.8 Å². The van der Waals surface area contributed by atoms with Gasteiger partial charge in [-0.2, -0.15) is 18.3 Å². The average molecular weight is 503 g/mol. The van der Waals surface area contributed by atoms with Crippen LogP contribution >= 0.6 is 34.8 Å². The minimum Gasteiger partial charge on any atom is -0.271 e. The second-order valence-corrected chi connectivity index (χ2v) is 9.05. The Bertz CT molecular complexity index is 1090. The molecule has 162 valence electrons. The zero-order valence-corrected chi connectivity index (χ0v) is 18.1. The first-order chi connectivity index (χ1) is 13.8. The molecule has 0 saturated heterocycles. The Balaban J connectivity index is 2.24. The van der Waals surface area contributed by atoms with E-state index < -0.39 is 39.9 Å². The predicted octanol–water partition coefficient (Wildman–Crippen LogP) is 4.58. The summed E-state index contributed by atoms with van der Waals surface area (Å²) in [6.45, 7) is -0.856. The maximum Gasteiger partial charge on any atom is 0.416 e. The van der Waals surface area contributed by atoms with E-state index in [9.17, 15) is 26.4 Å². The maximum absolute atomic E-state index is 13.0. The summed E-state index contributed by atoms with van der Waals surface area (Å²) >= 11 is 17.6. The number of sulfonamides is 1. The molecule has 0 aliphatic carbocycles. The van der Waals surface area contributed by atoms with E-state index in [1.165, 1.54) is 24.4 Å². The van der Waals surface area contributed by atoms with Crippen LogP contribution in [0.25, 0.3) is 0 Å². The van der Waals surface area contributed by atoms with Crippen molar-refractivity contribution in [1.29, 1.82) is 0 Å². The zero-order valence-electron chi connectivity index (χ0n) is 15.0. The summed E-state index contributed by atoms with van der Waals surface area (Å²) < 4.78 is 63.6. The highest BCUT2D eigenvalue weighted by atomic mass is 35.5. The number of rotatable bonds is 6. The van der Waals surface area contributed by atoms with Crippen LogP contribution in [0, 0.1) is 0 Å². The fourth-order valence-electron chi connectivity index (χ4n) is 2.21. The number of carbonyl (C=O) groups is 1. The molecule has 13 heteroatoms. The number of hydrazone groups is 1. The summed E-state index contributed by atoms with van der Waals surface area (Å²) in [5, 5.41) is 4.02. The van der Waals surface area contributed by atoms with Crippen LogP contribution < -0.4 is 9.73 Å². The lowest BCUT2D eigenvalue weighted by atomic mass is 10.2. The molecule has 0 unspecified atom stereocenters. The van der Waals surface area contributed by atoms with Crippen molar-refractivity contribution in [2.45, 2.75) is 6.18 Å². The van der Waals surface area contributed by atoms with E-state index in [4.69, 9.17) is 34.8 Å². The Morgan fingerprint density at radius 3 is 2.37 bits per heavy atom. The van der Waals surface area contributed by atoms with Crippen molar-refractivity contribution < 1.29 is 26.4 Å². The molecule has 0 radical (unpaired) electrons. The van der Waals surface area contributed by atoms with E-state index in [0.717, 1.165) is 12.3 Å². The van der Waals surface area contributed by atoms with Gasteiger partial charge in [0.1, 0.15) is 6.54 Å². The topological polar surface area (TPSA) is 78.8 Å². The number of carbonyl (C=O) groups excluding carboxylic acids is 1. The van der Waals surface area contributed by atoms with Gasteiger partial charge in [0.15, 0.2) is 0 Å². The second kappa shape index (κ2) is 9.42. The summed E-state index contributed by atoms with van der Waals surface area (Å²) in [7, 11) is -4.15. The lowest BCUT2D eigenvalue weighted by Gasteiger charge is -2.23. The lowest BCUT2D eigenvalue weighted by Crippen LogP contribution is -2.39. The minimum atomic E-state index is -4.73. The summed E-state index contributed by atoms with van der Waals surface area (Å²) in [6.07, 6.45) is -2.81.